The normalized spacial score (nSPS) is 13.9. The predicted octanol–water partition coefficient (Wildman–Crippen LogP) is 2.83. The Bertz CT molecular complexity index is 78.9. The van der Waals surface area contributed by atoms with Crippen LogP contribution in [0.3, 0.4) is 0 Å². The van der Waals surface area contributed by atoms with Crippen LogP contribution in [0.15, 0.2) is 0 Å². The molecule has 0 rings (SSSR count). The van der Waals surface area contributed by atoms with Crippen molar-refractivity contribution in [2.75, 3.05) is 6.61 Å². The summed E-state index contributed by atoms with van der Waals surface area (Å²) in [6.07, 6.45) is 4.85. The molecule has 0 radical (unpaired) electrons. The second kappa shape index (κ2) is 6.66. The van der Waals surface area contributed by atoms with E-state index in [1.807, 2.05) is 0 Å². The zero-order chi connectivity index (χ0) is 8.69. The van der Waals surface area contributed by atoms with Crippen molar-refractivity contribution in [3.63, 3.8) is 0 Å². The van der Waals surface area contributed by atoms with Crippen LogP contribution >= 0.6 is 0 Å². The van der Waals surface area contributed by atoms with E-state index in [1.54, 1.807) is 0 Å². The lowest BCUT2D eigenvalue weighted by Gasteiger charge is -2.18. The van der Waals surface area contributed by atoms with Gasteiger partial charge in [-0.3, -0.25) is 0 Å². The molecule has 0 bridgehead atoms. The van der Waals surface area contributed by atoms with Gasteiger partial charge in [-0.2, -0.15) is 0 Å². The highest BCUT2D eigenvalue weighted by molar-refractivity contribution is 4.62. The Morgan fingerprint density at radius 1 is 1.18 bits per heavy atom. The van der Waals surface area contributed by atoms with Crippen LogP contribution in [0.2, 0.25) is 0 Å². The number of aliphatic hydroxyl groups is 1. The maximum Gasteiger partial charge on any atom is 0.0433 e. The van der Waals surface area contributed by atoms with Gasteiger partial charge < -0.3 is 5.11 Å². The smallest absolute Gasteiger partial charge is 0.0433 e. The minimum Gasteiger partial charge on any atom is -0.396 e. The third-order valence-corrected chi connectivity index (χ3v) is 2.37. The molecule has 0 saturated carbocycles. The first-order chi connectivity index (χ1) is 5.22. The fraction of sp³-hybridized carbons (Fsp3) is 1.00. The minimum atomic E-state index is 0.354. The molecule has 0 aromatic rings. The predicted molar refractivity (Wildman–Crippen MR) is 49.6 cm³/mol. The van der Waals surface area contributed by atoms with E-state index in [4.69, 9.17) is 5.11 Å². The fourth-order valence-electron chi connectivity index (χ4n) is 1.44. The van der Waals surface area contributed by atoms with Gasteiger partial charge in [0.2, 0.25) is 0 Å². The maximum absolute atomic E-state index is 8.78. The molecule has 0 aliphatic rings. The van der Waals surface area contributed by atoms with E-state index in [1.165, 1.54) is 19.3 Å². The Hall–Kier alpha value is -0.0400. The monoisotopic (exact) mass is 158 g/mol. The van der Waals surface area contributed by atoms with Gasteiger partial charge in [-0.1, -0.05) is 40.0 Å². The first kappa shape index (κ1) is 11.0. The molecule has 1 heteroatoms. The summed E-state index contributed by atoms with van der Waals surface area (Å²) in [7, 11) is 0. The zero-order valence-corrected chi connectivity index (χ0v) is 8.14. The van der Waals surface area contributed by atoms with Crippen molar-refractivity contribution in [2.45, 2.75) is 46.5 Å². The van der Waals surface area contributed by atoms with Crippen molar-refractivity contribution < 1.29 is 5.11 Å². The number of aliphatic hydroxyl groups excluding tert-OH is 1. The molecule has 68 valence electrons. The number of rotatable bonds is 6. The van der Waals surface area contributed by atoms with Crippen LogP contribution in [0.25, 0.3) is 0 Å². The lowest BCUT2D eigenvalue weighted by Crippen LogP contribution is -2.10. The van der Waals surface area contributed by atoms with E-state index < -0.39 is 0 Å². The molecule has 0 aromatic heterocycles. The summed E-state index contributed by atoms with van der Waals surface area (Å²) >= 11 is 0. The molecule has 0 amide bonds. The van der Waals surface area contributed by atoms with Gasteiger partial charge in [0.1, 0.15) is 0 Å². The molecule has 1 nitrogen and oxygen atoms in total. The van der Waals surface area contributed by atoms with E-state index in [0.717, 1.165) is 18.3 Å². The molecule has 0 saturated heterocycles. The molecule has 0 aliphatic heterocycles. The Morgan fingerprint density at radius 3 is 2.18 bits per heavy atom. The van der Waals surface area contributed by atoms with Crippen molar-refractivity contribution >= 4 is 0 Å². The number of hydrogen-bond acceptors (Lipinski definition) is 1. The Kier molecular flexibility index (Phi) is 6.63. The van der Waals surface area contributed by atoms with Crippen LogP contribution in [0, 0.1) is 11.8 Å². The van der Waals surface area contributed by atoms with Crippen LogP contribution in [-0.2, 0) is 0 Å². The quantitative estimate of drug-likeness (QED) is 0.630. The maximum atomic E-state index is 8.78. The van der Waals surface area contributed by atoms with Crippen molar-refractivity contribution in [2.24, 2.45) is 11.8 Å². The van der Waals surface area contributed by atoms with Crippen LogP contribution in [-0.4, -0.2) is 11.7 Å². The average Bonchev–Trinajstić information content (AvgIpc) is 1.97. The van der Waals surface area contributed by atoms with Crippen LogP contribution in [0.4, 0.5) is 0 Å². The summed E-state index contributed by atoms with van der Waals surface area (Å²) in [6, 6.07) is 0. The lowest BCUT2D eigenvalue weighted by molar-refractivity contribution is 0.221. The highest BCUT2D eigenvalue weighted by Crippen LogP contribution is 2.20. The standard InChI is InChI=1S/C10H22O/c1-4-5-6-10(7-8-11)9(2)3/h9-11H,4-8H2,1-3H3. The fourth-order valence-corrected chi connectivity index (χ4v) is 1.44. The highest BCUT2D eigenvalue weighted by Gasteiger charge is 2.11. The van der Waals surface area contributed by atoms with Gasteiger partial charge in [-0.15, -0.1) is 0 Å². The van der Waals surface area contributed by atoms with Gasteiger partial charge in [0.05, 0.1) is 0 Å². The van der Waals surface area contributed by atoms with Gasteiger partial charge in [-0.05, 0) is 18.3 Å². The molecule has 11 heavy (non-hydrogen) atoms. The Balaban J connectivity index is 3.51. The highest BCUT2D eigenvalue weighted by atomic mass is 16.3. The van der Waals surface area contributed by atoms with E-state index in [9.17, 15) is 0 Å². The molecular formula is C10H22O. The SMILES string of the molecule is CCCCC(CCO)C(C)C. The summed E-state index contributed by atoms with van der Waals surface area (Å²) in [5, 5.41) is 8.78. The van der Waals surface area contributed by atoms with E-state index in [-0.39, 0.29) is 0 Å². The Labute approximate surface area is 70.8 Å². The molecule has 1 N–H and O–H groups in total. The summed E-state index contributed by atoms with van der Waals surface area (Å²) in [6.45, 7) is 7.06. The van der Waals surface area contributed by atoms with Crippen LogP contribution in [0.5, 0.6) is 0 Å². The van der Waals surface area contributed by atoms with Crippen molar-refractivity contribution in [1.82, 2.24) is 0 Å². The van der Waals surface area contributed by atoms with Gasteiger partial charge >= 0.3 is 0 Å². The van der Waals surface area contributed by atoms with E-state index in [0.29, 0.717) is 6.61 Å². The molecule has 0 aromatic carbocycles. The third kappa shape index (κ3) is 5.25. The first-order valence-corrected chi connectivity index (χ1v) is 4.83. The third-order valence-electron chi connectivity index (χ3n) is 2.37. The molecular weight excluding hydrogens is 136 g/mol. The van der Waals surface area contributed by atoms with Crippen LogP contribution in [0.1, 0.15) is 46.5 Å². The number of unbranched alkanes of at least 4 members (excludes halogenated alkanes) is 1. The van der Waals surface area contributed by atoms with Gasteiger partial charge in [0.25, 0.3) is 0 Å². The van der Waals surface area contributed by atoms with Crippen LogP contribution < -0.4 is 0 Å². The zero-order valence-electron chi connectivity index (χ0n) is 8.14. The van der Waals surface area contributed by atoms with E-state index in [2.05, 4.69) is 20.8 Å². The van der Waals surface area contributed by atoms with Crippen molar-refractivity contribution in [3.05, 3.63) is 0 Å². The lowest BCUT2D eigenvalue weighted by atomic mass is 9.88. The van der Waals surface area contributed by atoms with Gasteiger partial charge in [0.15, 0.2) is 0 Å². The molecule has 0 spiro atoms. The topological polar surface area (TPSA) is 20.2 Å². The van der Waals surface area contributed by atoms with Crippen molar-refractivity contribution in [3.8, 4) is 0 Å². The summed E-state index contributed by atoms with van der Waals surface area (Å²) < 4.78 is 0. The van der Waals surface area contributed by atoms with Crippen molar-refractivity contribution in [1.29, 1.82) is 0 Å². The first-order valence-electron chi connectivity index (χ1n) is 4.83. The molecule has 0 aliphatic carbocycles. The Morgan fingerprint density at radius 2 is 1.82 bits per heavy atom. The van der Waals surface area contributed by atoms with E-state index >= 15 is 0 Å². The molecule has 0 heterocycles. The minimum absolute atomic E-state index is 0.354. The van der Waals surface area contributed by atoms with Gasteiger partial charge in [-0.25, -0.2) is 0 Å². The second-order valence-corrected chi connectivity index (χ2v) is 3.66. The summed E-state index contributed by atoms with van der Waals surface area (Å²) in [5.41, 5.74) is 0. The summed E-state index contributed by atoms with van der Waals surface area (Å²) in [5.74, 6) is 1.47. The second-order valence-electron chi connectivity index (χ2n) is 3.66. The molecule has 1 atom stereocenters. The largest absolute Gasteiger partial charge is 0.396 e. The molecule has 0 fully saturated rings. The number of hydrogen-bond donors (Lipinski definition) is 1. The van der Waals surface area contributed by atoms with Gasteiger partial charge in [0, 0.05) is 6.61 Å². The average molecular weight is 158 g/mol. The molecule has 1 unspecified atom stereocenters. The summed E-state index contributed by atoms with van der Waals surface area (Å²) in [4.78, 5) is 0.